The predicted octanol–water partition coefficient (Wildman–Crippen LogP) is 2.59. The molecule has 0 fully saturated rings. The molecule has 5 heteroatoms. The molecule has 0 aliphatic carbocycles. The zero-order chi connectivity index (χ0) is 12.4. The molecule has 2 rings (SSSR count). The van der Waals surface area contributed by atoms with Gasteiger partial charge in [-0.1, -0.05) is 11.6 Å². The highest BCUT2D eigenvalue weighted by Crippen LogP contribution is 2.26. The third-order valence-electron chi connectivity index (χ3n) is 2.64. The molecule has 1 atom stereocenters. The van der Waals surface area contributed by atoms with E-state index in [4.69, 9.17) is 16.9 Å². The molecule has 0 spiro atoms. The molecule has 1 heterocycles. The van der Waals surface area contributed by atoms with E-state index in [0.717, 1.165) is 0 Å². The van der Waals surface area contributed by atoms with Crippen molar-refractivity contribution in [3.63, 3.8) is 0 Å². The van der Waals surface area contributed by atoms with Gasteiger partial charge in [-0.25, -0.2) is 5.01 Å². The monoisotopic (exact) mass is 247 g/mol. The van der Waals surface area contributed by atoms with Crippen LogP contribution < -0.4 is 5.01 Å². The lowest BCUT2D eigenvalue weighted by molar-refractivity contribution is -0.119. The van der Waals surface area contributed by atoms with E-state index in [9.17, 15) is 4.79 Å². The van der Waals surface area contributed by atoms with Gasteiger partial charge >= 0.3 is 0 Å². The Balaban J connectivity index is 2.28. The van der Waals surface area contributed by atoms with Gasteiger partial charge < -0.3 is 0 Å². The van der Waals surface area contributed by atoms with Gasteiger partial charge in [-0.2, -0.15) is 10.4 Å². The van der Waals surface area contributed by atoms with E-state index < -0.39 is 5.92 Å². The Kier molecular flexibility index (Phi) is 3.12. The minimum Gasteiger partial charge on any atom is -0.272 e. The quantitative estimate of drug-likeness (QED) is 0.807. The molecule has 0 saturated heterocycles. The average Bonchev–Trinajstić information content (AvgIpc) is 2.59. The first kappa shape index (κ1) is 11.6. The van der Waals surface area contributed by atoms with Crippen molar-refractivity contribution >= 4 is 28.9 Å². The number of carbonyl (C=O) groups is 1. The summed E-state index contributed by atoms with van der Waals surface area (Å²) in [6.07, 6.45) is 0.165. The Hall–Kier alpha value is -1.86. The Morgan fingerprint density at radius 3 is 2.71 bits per heavy atom. The summed E-state index contributed by atoms with van der Waals surface area (Å²) < 4.78 is 0. The first-order valence-corrected chi connectivity index (χ1v) is 5.53. The van der Waals surface area contributed by atoms with Crippen molar-refractivity contribution in [1.29, 1.82) is 5.26 Å². The summed E-state index contributed by atoms with van der Waals surface area (Å²) in [6, 6.07) is 8.86. The number of hydrogen-bond donors (Lipinski definition) is 0. The van der Waals surface area contributed by atoms with Gasteiger partial charge in [0.05, 0.1) is 24.1 Å². The van der Waals surface area contributed by atoms with Crippen LogP contribution in [-0.4, -0.2) is 11.6 Å². The highest BCUT2D eigenvalue weighted by atomic mass is 35.5. The second-order valence-electron chi connectivity index (χ2n) is 3.78. The van der Waals surface area contributed by atoms with Gasteiger partial charge in [-0.05, 0) is 31.2 Å². The van der Waals surface area contributed by atoms with Gasteiger partial charge in [-0.3, -0.25) is 4.79 Å². The molecule has 86 valence electrons. The number of amides is 1. The van der Waals surface area contributed by atoms with Crippen LogP contribution in [0.4, 0.5) is 5.69 Å². The van der Waals surface area contributed by atoms with Crippen LogP contribution in [0.2, 0.25) is 5.02 Å². The number of rotatable bonds is 2. The molecular weight excluding hydrogens is 238 g/mol. The molecule has 0 aromatic heterocycles. The number of benzene rings is 1. The molecule has 17 heavy (non-hydrogen) atoms. The highest BCUT2D eigenvalue weighted by Gasteiger charge is 2.33. The van der Waals surface area contributed by atoms with Crippen molar-refractivity contribution in [3.05, 3.63) is 29.3 Å². The van der Waals surface area contributed by atoms with E-state index in [-0.39, 0.29) is 12.3 Å². The molecule has 1 amide bonds. The van der Waals surface area contributed by atoms with E-state index in [1.807, 2.05) is 6.07 Å². The molecule has 0 bridgehead atoms. The Bertz CT molecular complexity index is 516. The molecule has 0 N–H and O–H groups in total. The third-order valence-corrected chi connectivity index (χ3v) is 2.89. The SMILES string of the molecule is CC1=NN(c2ccc(Cl)cc2)C(=O)C1CC#N. The maximum Gasteiger partial charge on any atom is 0.257 e. The van der Waals surface area contributed by atoms with Crippen LogP contribution in [0.1, 0.15) is 13.3 Å². The van der Waals surface area contributed by atoms with Crippen LogP contribution >= 0.6 is 11.6 Å². The summed E-state index contributed by atoms with van der Waals surface area (Å²) in [5.41, 5.74) is 1.34. The number of hydrazone groups is 1. The van der Waals surface area contributed by atoms with Crippen LogP contribution in [-0.2, 0) is 4.79 Å². The Labute approximate surface area is 104 Å². The molecule has 4 nitrogen and oxygen atoms in total. The summed E-state index contributed by atoms with van der Waals surface area (Å²) in [5.74, 6) is -0.581. The molecule has 0 saturated carbocycles. The van der Waals surface area contributed by atoms with E-state index in [0.29, 0.717) is 16.4 Å². The minimum atomic E-state index is -0.421. The van der Waals surface area contributed by atoms with Gasteiger partial charge in [0.15, 0.2) is 0 Å². The van der Waals surface area contributed by atoms with Gasteiger partial charge in [0.2, 0.25) is 0 Å². The van der Waals surface area contributed by atoms with Crippen LogP contribution in [0.25, 0.3) is 0 Å². The van der Waals surface area contributed by atoms with E-state index in [1.165, 1.54) is 5.01 Å². The minimum absolute atomic E-state index is 0.161. The van der Waals surface area contributed by atoms with E-state index in [1.54, 1.807) is 31.2 Å². The topological polar surface area (TPSA) is 56.5 Å². The normalized spacial score (nSPS) is 19.1. The van der Waals surface area contributed by atoms with Crippen molar-refractivity contribution in [2.75, 3.05) is 5.01 Å². The fourth-order valence-corrected chi connectivity index (χ4v) is 1.82. The van der Waals surface area contributed by atoms with Gasteiger partial charge in [-0.15, -0.1) is 0 Å². The maximum atomic E-state index is 12.0. The first-order valence-electron chi connectivity index (χ1n) is 5.15. The van der Waals surface area contributed by atoms with Crippen molar-refractivity contribution in [2.45, 2.75) is 13.3 Å². The summed E-state index contributed by atoms with van der Waals surface area (Å²) in [4.78, 5) is 12.0. The smallest absolute Gasteiger partial charge is 0.257 e. The molecular formula is C12H10ClN3O. The highest BCUT2D eigenvalue weighted by molar-refractivity contribution is 6.30. The zero-order valence-corrected chi connectivity index (χ0v) is 9.98. The summed E-state index contributed by atoms with van der Waals surface area (Å²) in [7, 11) is 0. The fourth-order valence-electron chi connectivity index (χ4n) is 1.70. The van der Waals surface area contributed by atoms with E-state index in [2.05, 4.69) is 5.10 Å². The standard InChI is InChI=1S/C12H10ClN3O/c1-8-11(6-7-14)12(17)16(15-8)10-4-2-9(13)3-5-10/h2-5,11H,6H2,1H3. The zero-order valence-electron chi connectivity index (χ0n) is 9.22. The summed E-state index contributed by atoms with van der Waals surface area (Å²) >= 11 is 5.78. The summed E-state index contributed by atoms with van der Waals surface area (Å²) in [6.45, 7) is 1.76. The van der Waals surface area contributed by atoms with Gasteiger partial charge in [0.25, 0.3) is 5.91 Å². The predicted molar refractivity (Wildman–Crippen MR) is 65.8 cm³/mol. The Morgan fingerprint density at radius 2 is 2.12 bits per heavy atom. The largest absolute Gasteiger partial charge is 0.272 e. The maximum absolute atomic E-state index is 12.0. The van der Waals surface area contributed by atoms with Crippen LogP contribution in [0, 0.1) is 17.2 Å². The molecule has 1 aromatic carbocycles. The second-order valence-corrected chi connectivity index (χ2v) is 4.22. The fraction of sp³-hybridized carbons (Fsp3) is 0.250. The average molecular weight is 248 g/mol. The van der Waals surface area contributed by atoms with Crippen LogP contribution in [0.15, 0.2) is 29.4 Å². The van der Waals surface area contributed by atoms with Crippen molar-refractivity contribution in [3.8, 4) is 6.07 Å². The Morgan fingerprint density at radius 1 is 1.47 bits per heavy atom. The number of nitrogens with zero attached hydrogens (tertiary/aromatic N) is 3. The lowest BCUT2D eigenvalue weighted by Crippen LogP contribution is -2.26. The summed E-state index contributed by atoms with van der Waals surface area (Å²) in [5, 5.41) is 14.8. The van der Waals surface area contributed by atoms with E-state index >= 15 is 0 Å². The molecule has 1 aromatic rings. The van der Waals surface area contributed by atoms with Gasteiger partial charge in [0, 0.05) is 10.7 Å². The first-order chi connectivity index (χ1) is 8.13. The number of nitriles is 1. The lowest BCUT2D eigenvalue weighted by atomic mass is 10.0. The van der Waals surface area contributed by atoms with Gasteiger partial charge in [0.1, 0.15) is 0 Å². The van der Waals surface area contributed by atoms with Crippen molar-refractivity contribution < 1.29 is 4.79 Å². The number of halogens is 1. The number of carbonyl (C=O) groups excluding carboxylic acids is 1. The third kappa shape index (κ3) is 2.15. The van der Waals surface area contributed by atoms with Crippen molar-refractivity contribution in [2.24, 2.45) is 11.0 Å². The number of hydrogen-bond acceptors (Lipinski definition) is 3. The van der Waals surface area contributed by atoms with Crippen LogP contribution in [0.5, 0.6) is 0 Å². The van der Waals surface area contributed by atoms with Crippen LogP contribution in [0.3, 0.4) is 0 Å². The number of anilines is 1. The lowest BCUT2D eigenvalue weighted by Gasteiger charge is -2.12. The molecule has 0 radical (unpaired) electrons. The molecule has 1 unspecified atom stereocenters. The van der Waals surface area contributed by atoms with Crippen molar-refractivity contribution in [1.82, 2.24) is 0 Å². The molecule has 1 aliphatic rings. The second kappa shape index (κ2) is 4.56. The molecule has 1 aliphatic heterocycles.